The van der Waals surface area contributed by atoms with Crippen LogP contribution in [-0.4, -0.2) is 25.7 Å². The smallest absolute Gasteiger partial charge is 0.0848 e. The van der Waals surface area contributed by atoms with E-state index < -0.39 is 0 Å². The number of nitrogens with one attached hydrogen (secondary N) is 1. The highest BCUT2D eigenvalue weighted by molar-refractivity contribution is 5.11. The molecule has 0 radical (unpaired) electrons. The molecule has 0 saturated heterocycles. The van der Waals surface area contributed by atoms with Crippen molar-refractivity contribution in [3.05, 3.63) is 30.1 Å². The van der Waals surface area contributed by atoms with E-state index in [0.29, 0.717) is 0 Å². The summed E-state index contributed by atoms with van der Waals surface area (Å²) >= 11 is 0. The lowest BCUT2D eigenvalue weighted by atomic mass is 10.1. The van der Waals surface area contributed by atoms with Gasteiger partial charge in [-0.05, 0) is 31.6 Å². The second kappa shape index (κ2) is 5.67. The van der Waals surface area contributed by atoms with Crippen molar-refractivity contribution in [2.45, 2.75) is 12.5 Å². The van der Waals surface area contributed by atoms with Gasteiger partial charge in [0.2, 0.25) is 0 Å². The largest absolute Gasteiger partial charge is 0.377 e. The third-order valence-corrected chi connectivity index (χ3v) is 2.00. The van der Waals surface area contributed by atoms with Gasteiger partial charge in [0, 0.05) is 19.5 Å². The Kier molecular flexibility index (Phi) is 4.43. The van der Waals surface area contributed by atoms with E-state index in [0.717, 1.165) is 18.5 Å². The van der Waals surface area contributed by atoms with Gasteiger partial charge < -0.3 is 10.1 Å². The van der Waals surface area contributed by atoms with Crippen LogP contribution in [0.1, 0.15) is 18.1 Å². The number of hydrogen-bond donors (Lipinski definition) is 1. The van der Waals surface area contributed by atoms with Crippen LogP contribution in [-0.2, 0) is 4.74 Å². The molecule has 1 aromatic heterocycles. The first kappa shape index (κ1) is 10.2. The molecule has 3 nitrogen and oxygen atoms in total. The summed E-state index contributed by atoms with van der Waals surface area (Å²) in [4.78, 5) is 4.06. The van der Waals surface area contributed by atoms with E-state index >= 15 is 0 Å². The number of rotatable bonds is 5. The highest BCUT2D eigenvalue weighted by atomic mass is 16.5. The summed E-state index contributed by atoms with van der Waals surface area (Å²) in [6.45, 7) is 0.952. The lowest BCUT2D eigenvalue weighted by molar-refractivity contribution is 0.0958. The molecule has 1 atom stereocenters. The summed E-state index contributed by atoms with van der Waals surface area (Å²) in [5.41, 5.74) is 1.14. The van der Waals surface area contributed by atoms with Crippen molar-refractivity contribution in [2.75, 3.05) is 20.7 Å². The molecule has 1 unspecified atom stereocenters. The van der Waals surface area contributed by atoms with E-state index in [4.69, 9.17) is 4.74 Å². The standard InChI is InChI=1S/C10H16N2O/c1-11-7-5-10(13-2)9-4-3-6-12-8-9/h3-4,6,8,10-11H,5,7H2,1-2H3. The minimum Gasteiger partial charge on any atom is -0.377 e. The van der Waals surface area contributed by atoms with Gasteiger partial charge in [0.15, 0.2) is 0 Å². The second-order valence-corrected chi connectivity index (χ2v) is 2.90. The second-order valence-electron chi connectivity index (χ2n) is 2.90. The van der Waals surface area contributed by atoms with Gasteiger partial charge in [0.05, 0.1) is 6.10 Å². The Bertz CT molecular complexity index is 226. The maximum atomic E-state index is 5.36. The first-order chi connectivity index (χ1) is 6.38. The maximum Gasteiger partial charge on any atom is 0.0848 e. The molecule has 3 heteroatoms. The molecule has 1 rings (SSSR count). The number of nitrogens with zero attached hydrogens (tertiary/aromatic N) is 1. The Morgan fingerprint density at radius 3 is 3.00 bits per heavy atom. The van der Waals surface area contributed by atoms with E-state index in [1.807, 2.05) is 25.4 Å². The lowest BCUT2D eigenvalue weighted by Gasteiger charge is -2.14. The van der Waals surface area contributed by atoms with Gasteiger partial charge in [-0.25, -0.2) is 0 Å². The molecular weight excluding hydrogens is 164 g/mol. The van der Waals surface area contributed by atoms with Crippen molar-refractivity contribution in [1.82, 2.24) is 10.3 Å². The number of pyridine rings is 1. The summed E-state index contributed by atoms with van der Waals surface area (Å²) < 4.78 is 5.36. The third kappa shape index (κ3) is 3.13. The van der Waals surface area contributed by atoms with Gasteiger partial charge in [0.1, 0.15) is 0 Å². The fourth-order valence-electron chi connectivity index (χ4n) is 1.26. The first-order valence-electron chi connectivity index (χ1n) is 4.45. The third-order valence-electron chi connectivity index (χ3n) is 2.00. The van der Waals surface area contributed by atoms with Crippen LogP contribution in [0.4, 0.5) is 0 Å². The molecule has 1 aromatic rings. The lowest BCUT2D eigenvalue weighted by Crippen LogP contribution is -2.13. The van der Waals surface area contributed by atoms with Crippen molar-refractivity contribution in [2.24, 2.45) is 0 Å². The van der Waals surface area contributed by atoms with Crippen LogP contribution in [0.3, 0.4) is 0 Å². The fraction of sp³-hybridized carbons (Fsp3) is 0.500. The summed E-state index contributed by atoms with van der Waals surface area (Å²) in [6, 6.07) is 3.97. The van der Waals surface area contributed by atoms with Crippen molar-refractivity contribution in [3.63, 3.8) is 0 Å². The molecule has 0 aliphatic heterocycles. The van der Waals surface area contributed by atoms with Crippen molar-refractivity contribution < 1.29 is 4.74 Å². The monoisotopic (exact) mass is 180 g/mol. The minimum atomic E-state index is 0.154. The van der Waals surface area contributed by atoms with Crippen LogP contribution in [0, 0.1) is 0 Å². The van der Waals surface area contributed by atoms with E-state index in [2.05, 4.69) is 10.3 Å². The molecule has 13 heavy (non-hydrogen) atoms. The quantitative estimate of drug-likeness (QED) is 0.743. The van der Waals surface area contributed by atoms with Crippen LogP contribution >= 0.6 is 0 Å². The van der Waals surface area contributed by atoms with Gasteiger partial charge in [0.25, 0.3) is 0 Å². The topological polar surface area (TPSA) is 34.1 Å². The Hall–Kier alpha value is -0.930. The van der Waals surface area contributed by atoms with E-state index in [-0.39, 0.29) is 6.10 Å². The van der Waals surface area contributed by atoms with E-state index in [1.165, 1.54) is 0 Å². The van der Waals surface area contributed by atoms with E-state index in [1.54, 1.807) is 13.3 Å². The molecule has 72 valence electrons. The number of aromatic nitrogens is 1. The molecular formula is C10H16N2O. The number of hydrogen-bond acceptors (Lipinski definition) is 3. The average molecular weight is 180 g/mol. The summed E-state index contributed by atoms with van der Waals surface area (Å²) in [5.74, 6) is 0. The van der Waals surface area contributed by atoms with Gasteiger partial charge in [-0.3, -0.25) is 4.98 Å². The summed E-state index contributed by atoms with van der Waals surface area (Å²) in [6.07, 6.45) is 4.75. The molecule has 0 aromatic carbocycles. The van der Waals surface area contributed by atoms with Crippen LogP contribution < -0.4 is 5.32 Å². The van der Waals surface area contributed by atoms with Crippen LogP contribution in [0.25, 0.3) is 0 Å². The Morgan fingerprint density at radius 2 is 2.46 bits per heavy atom. The molecule has 0 fully saturated rings. The van der Waals surface area contributed by atoms with Crippen molar-refractivity contribution >= 4 is 0 Å². The van der Waals surface area contributed by atoms with Crippen molar-refractivity contribution in [3.8, 4) is 0 Å². The Morgan fingerprint density at radius 1 is 1.62 bits per heavy atom. The van der Waals surface area contributed by atoms with Gasteiger partial charge in [-0.1, -0.05) is 6.07 Å². The van der Waals surface area contributed by atoms with Crippen LogP contribution in [0.5, 0.6) is 0 Å². The predicted octanol–water partition coefficient (Wildman–Crippen LogP) is 1.38. The maximum absolute atomic E-state index is 5.36. The molecule has 0 amide bonds. The van der Waals surface area contributed by atoms with Crippen LogP contribution in [0.2, 0.25) is 0 Å². The molecule has 1 N–H and O–H groups in total. The molecule has 0 saturated carbocycles. The molecule has 1 heterocycles. The SMILES string of the molecule is CNCCC(OC)c1cccnc1. The summed E-state index contributed by atoms with van der Waals surface area (Å²) in [7, 11) is 3.67. The highest BCUT2D eigenvalue weighted by Crippen LogP contribution is 2.17. The molecule has 0 aliphatic rings. The zero-order valence-corrected chi connectivity index (χ0v) is 8.16. The Balaban J connectivity index is 2.56. The summed E-state index contributed by atoms with van der Waals surface area (Å²) in [5, 5.41) is 3.10. The minimum absolute atomic E-state index is 0.154. The average Bonchev–Trinajstić information content (AvgIpc) is 2.21. The van der Waals surface area contributed by atoms with Crippen molar-refractivity contribution in [1.29, 1.82) is 0 Å². The van der Waals surface area contributed by atoms with Crippen LogP contribution in [0.15, 0.2) is 24.5 Å². The first-order valence-corrected chi connectivity index (χ1v) is 4.45. The zero-order valence-electron chi connectivity index (χ0n) is 8.16. The molecule has 0 spiro atoms. The predicted molar refractivity (Wildman–Crippen MR) is 52.5 cm³/mol. The van der Waals surface area contributed by atoms with E-state index in [9.17, 15) is 0 Å². The highest BCUT2D eigenvalue weighted by Gasteiger charge is 2.08. The van der Waals surface area contributed by atoms with Gasteiger partial charge in [-0.2, -0.15) is 0 Å². The number of ether oxygens (including phenoxy) is 1. The molecule has 0 bridgehead atoms. The number of methoxy groups -OCH3 is 1. The fourth-order valence-corrected chi connectivity index (χ4v) is 1.26. The normalized spacial score (nSPS) is 12.8. The molecule has 0 aliphatic carbocycles. The Labute approximate surface area is 79.1 Å². The zero-order chi connectivity index (χ0) is 9.52. The van der Waals surface area contributed by atoms with Gasteiger partial charge >= 0.3 is 0 Å². The van der Waals surface area contributed by atoms with Gasteiger partial charge in [-0.15, -0.1) is 0 Å².